The highest BCUT2D eigenvalue weighted by molar-refractivity contribution is 9.10. The Balaban J connectivity index is 2.59. The number of hydrogen-bond donors (Lipinski definition) is 1. The lowest BCUT2D eigenvalue weighted by Crippen LogP contribution is -2.17. The van der Waals surface area contributed by atoms with Crippen LogP contribution in [0.25, 0.3) is 0 Å². The third kappa shape index (κ3) is 2.67. The number of hydrogen-bond acceptors (Lipinski definition) is 1. The summed E-state index contributed by atoms with van der Waals surface area (Å²) in [5, 5.41) is 0. The monoisotopic (exact) mass is 329 g/mol. The van der Waals surface area contributed by atoms with Crippen LogP contribution in [0, 0.1) is 24.4 Å². The van der Waals surface area contributed by atoms with Crippen molar-refractivity contribution in [3.63, 3.8) is 0 Å². The summed E-state index contributed by atoms with van der Waals surface area (Å²) in [6, 6.07) is 5.32. The van der Waals surface area contributed by atoms with Gasteiger partial charge in [0.1, 0.15) is 17.5 Å². The maximum absolute atomic E-state index is 14.0. The van der Waals surface area contributed by atoms with E-state index in [-0.39, 0.29) is 10.0 Å². The van der Waals surface area contributed by atoms with E-state index in [2.05, 4.69) is 15.9 Å². The van der Waals surface area contributed by atoms with Gasteiger partial charge < -0.3 is 5.73 Å². The van der Waals surface area contributed by atoms with Crippen LogP contribution in [0.5, 0.6) is 0 Å². The molecule has 5 heteroatoms. The molecule has 100 valence electrons. The lowest BCUT2D eigenvalue weighted by molar-refractivity contribution is 0.537. The van der Waals surface area contributed by atoms with Crippen molar-refractivity contribution in [3.8, 4) is 0 Å². The number of aryl methyl sites for hydroxylation is 1. The first kappa shape index (κ1) is 14.1. The minimum atomic E-state index is -1.06. The van der Waals surface area contributed by atoms with Gasteiger partial charge in [0.25, 0.3) is 0 Å². The molecule has 0 aliphatic rings. The average molecular weight is 330 g/mol. The van der Waals surface area contributed by atoms with Gasteiger partial charge in [-0.1, -0.05) is 6.07 Å². The van der Waals surface area contributed by atoms with E-state index < -0.39 is 23.5 Å². The van der Waals surface area contributed by atoms with Crippen molar-refractivity contribution >= 4 is 15.9 Å². The van der Waals surface area contributed by atoms with Crippen molar-refractivity contribution in [1.82, 2.24) is 0 Å². The Morgan fingerprint density at radius 2 is 1.79 bits per heavy atom. The van der Waals surface area contributed by atoms with Crippen molar-refractivity contribution in [2.75, 3.05) is 0 Å². The maximum Gasteiger partial charge on any atom is 0.145 e. The summed E-state index contributed by atoms with van der Waals surface area (Å²) in [6.07, 6.45) is 0. The van der Waals surface area contributed by atoms with Crippen LogP contribution >= 0.6 is 15.9 Å². The molecule has 0 spiro atoms. The summed E-state index contributed by atoms with van der Waals surface area (Å²) < 4.78 is 41.1. The second kappa shape index (κ2) is 5.35. The van der Waals surface area contributed by atoms with Gasteiger partial charge in [-0.05, 0) is 58.2 Å². The lowest BCUT2D eigenvalue weighted by atomic mass is 9.95. The van der Waals surface area contributed by atoms with E-state index in [9.17, 15) is 13.2 Å². The van der Waals surface area contributed by atoms with Crippen LogP contribution in [0.15, 0.2) is 34.8 Å². The van der Waals surface area contributed by atoms with Gasteiger partial charge in [-0.25, -0.2) is 13.2 Å². The largest absolute Gasteiger partial charge is 0.320 e. The minimum Gasteiger partial charge on any atom is -0.320 e. The van der Waals surface area contributed by atoms with E-state index in [4.69, 9.17) is 5.73 Å². The normalized spacial score (nSPS) is 12.5. The molecule has 0 heterocycles. The topological polar surface area (TPSA) is 26.0 Å². The molecule has 0 aromatic heterocycles. The summed E-state index contributed by atoms with van der Waals surface area (Å²) in [4.78, 5) is 0. The molecule has 2 aromatic rings. The summed E-state index contributed by atoms with van der Waals surface area (Å²) in [6.45, 7) is 1.71. The molecular formula is C14H11BrF3N. The highest BCUT2D eigenvalue weighted by atomic mass is 79.9. The Bertz CT molecular complexity index is 628. The average Bonchev–Trinajstić information content (AvgIpc) is 2.37. The van der Waals surface area contributed by atoms with Crippen LogP contribution in [0.1, 0.15) is 22.7 Å². The predicted molar refractivity (Wildman–Crippen MR) is 71.2 cm³/mol. The van der Waals surface area contributed by atoms with E-state index in [0.29, 0.717) is 11.1 Å². The first-order chi connectivity index (χ1) is 8.91. The molecule has 0 radical (unpaired) electrons. The van der Waals surface area contributed by atoms with Gasteiger partial charge in [-0.15, -0.1) is 0 Å². The van der Waals surface area contributed by atoms with Crippen LogP contribution in [-0.4, -0.2) is 0 Å². The molecule has 1 atom stereocenters. The van der Waals surface area contributed by atoms with Gasteiger partial charge in [0.2, 0.25) is 0 Å². The highest BCUT2D eigenvalue weighted by Gasteiger charge is 2.22. The SMILES string of the molecule is Cc1ccc(F)cc1C(N)c1c(F)ccc(Br)c1F. The summed E-state index contributed by atoms with van der Waals surface area (Å²) >= 11 is 2.98. The molecule has 2 aromatic carbocycles. The molecule has 19 heavy (non-hydrogen) atoms. The molecule has 1 unspecified atom stereocenters. The Kier molecular flexibility index (Phi) is 3.96. The molecule has 0 saturated heterocycles. The number of rotatable bonds is 2. The first-order valence-corrected chi connectivity index (χ1v) is 6.36. The van der Waals surface area contributed by atoms with Gasteiger partial charge in [0.05, 0.1) is 10.5 Å². The first-order valence-electron chi connectivity index (χ1n) is 5.57. The summed E-state index contributed by atoms with van der Waals surface area (Å²) in [5.41, 5.74) is 6.65. The van der Waals surface area contributed by atoms with E-state index >= 15 is 0 Å². The van der Waals surface area contributed by atoms with Crippen LogP contribution in [0.2, 0.25) is 0 Å². The molecule has 0 saturated carbocycles. The van der Waals surface area contributed by atoms with Gasteiger partial charge in [-0.3, -0.25) is 0 Å². The van der Waals surface area contributed by atoms with Crippen molar-refractivity contribution in [2.45, 2.75) is 13.0 Å². The third-order valence-electron chi connectivity index (χ3n) is 2.97. The van der Waals surface area contributed by atoms with Gasteiger partial charge in [0, 0.05) is 5.56 Å². The van der Waals surface area contributed by atoms with E-state index in [1.54, 1.807) is 6.92 Å². The molecule has 2 rings (SSSR count). The van der Waals surface area contributed by atoms with Gasteiger partial charge in [-0.2, -0.15) is 0 Å². The fourth-order valence-corrected chi connectivity index (χ4v) is 2.28. The quantitative estimate of drug-likeness (QED) is 0.820. The fraction of sp³-hybridized carbons (Fsp3) is 0.143. The minimum absolute atomic E-state index is 0.119. The second-order valence-electron chi connectivity index (χ2n) is 4.24. The van der Waals surface area contributed by atoms with Crippen molar-refractivity contribution in [3.05, 3.63) is 68.9 Å². The smallest absolute Gasteiger partial charge is 0.145 e. The van der Waals surface area contributed by atoms with Crippen molar-refractivity contribution < 1.29 is 13.2 Å². The molecule has 0 fully saturated rings. The molecule has 0 bridgehead atoms. The zero-order valence-corrected chi connectivity index (χ0v) is 11.6. The van der Waals surface area contributed by atoms with E-state index in [1.165, 1.54) is 24.3 Å². The Morgan fingerprint density at radius 3 is 2.47 bits per heavy atom. The standard InChI is InChI=1S/C14H11BrF3N/c1-7-2-3-8(16)6-9(7)14(19)12-11(17)5-4-10(15)13(12)18/h2-6,14H,19H2,1H3. The number of benzene rings is 2. The summed E-state index contributed by atoms with van der Waals surface area (Å²) in [7, 11) is 0. The van der Waals surface area contributed by atoms with Gasteiger partial charge in [0.15, 0.2) is 0 Å². The number of nitrogens with two attached hydrogens (primary N) is 1. The van der Waals surface area contributed by atoms with Crippen molar-refractivity contribution in [2.24, 2.45) is 5.73 Å². The summed E-state index contributed by atoms with van der Waals surface area (Å²) in [5.74, 6) is -2.01. The zero-order valence-electron chi connectivity index (χ0n) is 10.1. The maximum atomic E-state index is 14.0. The lowest BCUT2D eigenvalue weighted by Gasteiger charge is -2.17. The molecule has 0 amide bonds. The fourth-order valence-electron chi connectivity index (χ4n) is 1.93. The molecule has 1 nitrogen and oxygen atoms in total. The molecule has 0 aliphatic heterocycles. The Labute approximate surface area is 117 Å². The number of halogens is 4. The Hall–Kier alpha value is -1.33. The van der Waals surface area contributed by atoms with Crippen LogP contribution < -0.4 is 5.73 Å². The molecular weight excluding hydrogens is 319 g/mol. The second-order valence-corrected chi connectivity index (χ2v) is 5.09. The van der Waals surface area contributed by atoms with Crippen molar-refractivity contribution in [1.29, 1.82) is 0 Å². The predicted octanol–water partition coefficient (Wildman–Crippen LogP) is 4.22. The van der Waals surface area contributed by atoms with E-state index in [1.807, 2.05) is 0 Å². The van der Waals surface area contributed by atoms with Crippen LogP contribution in [0.4, 0.5) is 13.2 Å². The molecule has 2 N–H and O–H groups in total. The molecule has 0 aliphatic carbocycles. The van der Waals surface area contributed by atoms with Gasteiger partial charge >= 0.3 is 0 Å². The Morgan fingerprint density at radius 1 is 1.11 bits per heavy atom. The van der Waals surface area contributed by atoms with E-state index in [0.717, 1.165) is 6.07 Å². The highest BCUT2D eigenvalue weighted by Crippen LogP contribution is 2.30. The van der Waals surface area contributed by atoms with Crippen LogP contribution in [-0.2, 0) is 0 Å². The van der Waals surface area contributed by atoms with Crippen LogP contribution in [0.3, 0.4) is 0 Å². The third-order valence-corrected chi connectivity index (χ3v) is 3.58. The zero-order chi connectivity index (χ0) is 14.2.